The predicted molar refractivity (Wildman–Crippen MR) is 95.2 cm³/mol. The summed E-state index contributed by atoms with van der Waals surface area (Å²) in [6.45, 7) is 3.08. The summed E-state index contributed by atoms with van der Waals surface area (Å²) in [6, 6.07) is 2.31. The second-order valence-electron chi connectivity index (χ2n) is 5.80. The zero-order valence-corrected chi connectivity index (χ0v) is 15.6. The molecule has 132 valence electrons. The smallest absolute Gasteiger partial charge is 0.234 e. The molecule has 2 rings (SSSR count). The Balaban J connectivity index is 1.86. The number of amides is 1. The van der Waals surface area contributed by atoms with E-state index in [0.29, 0.717) is 18.3 Å². The number of ether oxygens (including phenoxy) is 1. The highest BCUT2D eigenvalue weighted by molar-refractivity contribution is 8.02. The fourth-order valence-corrected chi connectivity index (χ4v) is 4.47. The molecular formula is C15H23N5O2S2. The van der Waals surface area contributed by atoms with E-state index in [2.05, 4.69) is 26.9 Å². The van der Waals surface area contributed by atoms with Crippen LogP contribution in [-0.4, -0.2) is 47.2 Å². The Morgan fingerprint density at radius 3 is 2.88 bits per heavy atom. The summed E-state index contributed by atoms with van der Waals surface area (Å²) in [5.41, 5.74) is -0.696. The Morgan fingerprint density at radius 2 is 2.21 bits per heavy atom. The summed E-state index contributed by atoms with van der Waals surface area (Å²) in [6.07, 6.45) is 4.58. The van der Waals surface area contributed by atoms with Crippen molar-refractivity contribution in [3.8, 4) is 6.07 Å². The molecule has 0 aliphatic heterocycles. The quantitative estimate of drug-likeness (QED) is 0.536. The zero-order valence-electron chi connectivity index (χ0n) is 14.0. The Kier molecular flexibility index (Phi) is 7.27. The van der Waals surface area contributed by atoms with Gasteiger partial charge in [0.2, 0.25) is 11.0 Å². The molecule has 1 saturated carbocycles. The molecule has 0 spiro atoms. The third-order valence-corrected chi connectivity index (χ3v) is 5.98. The number of carbonyl (C=O) groups excluding carboxylic acids is 1. The summed E-state index contributed by atoms with van der Waals surface area (Å²) < 4.78 is 5.70. The number of hydrogen-bond acceptors (Lipinski definition) is 8. The Bertz CT molecular complexity index is 581. The monoisotopic (exact) mass is 369 g/mol. The van der Waals surface area contributed by atoms with Crippen LogP contribution in [0.2, 0.25) is 0 Å². The summed E-state index contributed by atoms with van der Waals surface area (Å²) >= 11 is 2.77. The lowest BCUT2D eigenvalue weighted by Gasteiger charge is -2.32. The zero-order chi connectivity index (χ0) is 17.4. The molecule has 1 fully saturated rings. The van der Waals surface area contributed by atoms with Gasteiger partial charge in [0.15, 0.2) is 4.34 Å². The van der Waals surface area contributed by atoms with Crippen LogP contribution in [0.3, 0.4) is 0 Å². The molecule has 1 aliphatic rings. The van der Waals surface area contributed by atoms with Crippen LogP contribution in [0, 0.1) is 11.3 Å². The number of methoxy groups -OCH3 is 1. The third-order valence-electron chi connectivity index (χ3n) is 3.92. The minimum atomic E-state index is -0.696. The number of thioether (sulfide) groups is 1. The van der Waals surface area contributed by atoms with E-state index in [0.717, 1.165) is 36.4 Å². The highest BCUT2D eigenvalue weighted by Gasteiger charge is 2.35. The van der Waals surface area contributed by atoms with Crippen molar-refractivity contribution in [2.24, 2.45) is 0 Å². The van der Waals surface area contributed by atoms with Crippen molar-refractivity contribution in [1.82, 2.24) is 15.5 Å². The van der Waals surface area contributed by atoms with E-state index in [1.165, 1.54) is 23.1 Å². The minimum Gasteiger partial charge on any atom is -0.383 e. The first-order chi connectivity index (χ1) is 11.6. The molecule has 1 aliphatic carbocycles. The molecule has 1 aromatic heterocycles. The molecule has 0 bridgehead atoms. The largest absolute Gasteiger partial charge is 0.383 e. The van der Waals surface area contributed by atoms with Gasteiger partial charge >= 0.3 is 0 Å². The fraction of sp³-hybridized carbons (Fsp3) is 0.733. The maximum absolute atomic E-state index is 12.4. The molecule has 2 N–H and O–H groups in total. The molecule has 0 aromatic carbocycles. The molecule has 9 heteroatoms. The van der Waals surface area contributed by atoms with Gasteiger partial charge in [0.05, 0.1) is 17.9 Å². The SMILES string of the molecule is COCCNc1nnc(S[C@H](C)C(=O)NC2(C#N)CCCCC2)s1. The van der Waals surface area contributed by atoms with Crippen LogP contribution >= 0.6 is 23.1 Å². The summed E-state index contributed by atoms with van der Waals surface area (Å²) in [5.74, 6) is -0.118. The van der Waals surface area contributed by atoms with Crippen LogP contribution in [0.25, 0.3) is 0 Å². The first-order valence-electron chi connectivity index (χ1n) is 8.05. The summed E-state index contributed by atoms with van der Waals surface area (Å²) in [7, 11) is 1.64. The molecule has 1 aromatic rings. The Labute approximate surface area is 150 Å². The number of nitriles is 1. The van der Waals surface area contributed by atoms with Crippen LogP contribution in [-0.2, 0) is 9.53 Å². The van der Waals surface area contributed by atoms with E-state index in [1.54, 1.807) is 7.11 Å². The van der Waals surface area contributed by atoms with Crippen molar-refractivity contribution >= 4 is 34.1 Å². The number of nitrogens with one attached hydrogen (secondary N) is 2. The maximum atomic E-state index is 12.4. The standard InChI is InChI=1S/C15H23N5O2S2/c1-11(12(21)18-15(10-16)6-4-3-5-7-15)23-14-20-19-13(24-14)17-8-9-22-2/h11H,3-9H2,1-2H3,(H,17,19)(H,18,21)/t11-/m1/s1. The van der Waals surface area contributed by atoms with Crippen molar-refractivity contribution in [3.63, 3.8) is 0 Å². The first-order valence-corrected chi connectivity index (χ1v) is 9.74. The molecule has 0 radical (unpaired) electrons. The van der Waals surface area contributed by atoms with E-state index in [9.17, 15) is 10.1 Å². The van der Waals surface area contributed by atoms with E-state index < -0.39 is 5.54 Å². The van der Waals surface area contributed by atoms with E-state index in [4.69, 9.17) is 4.74 Å². The molecule has 0 unspecified atom stereocenters. The Morgan fingerprint density at radius 1 is 1.46 bits per heavy atom. The van der Waals surface area contributed by atoms with Crippen LogP contribution in [0.15, 0.2) is 4.34 Å². The van der Waals surface area contributed by atoms with Crippen LogP contribution in [0.4, 0.5) is 5.13 Å². The summed E-state index contributed by atoms with van der Waals surface area (Å²) in [5, 5.41) is 24.0. The van der Waals surface area contributed by atoms with Crippen molar-refractivity contribution in [2.45, 2.75) is 54.2 Å². The molecule has 1 amide bonds. The van der Waals surface area contributed by atoms with Gasteiger partial charge in [-0.15, -0.1) is 10.2 Å². The van der Waals surface area contributed by atoms with Gasteiger partial charge in [-0.2, -0.15) is 5.26 Å². The average Bonchev–Trinajstić information content (AvgIpc) is 3.03. The molecular weight excluding hydrogens is 346 g/mol. The van der Waals surface area contributed by atoms with Crippen molar-refractivity contribution in [3.05, 3.63) is 0 Å². The van der Waals surface area contributed by atoms with Gasteiger partial charge in [-0.3, -0.25) is 4.79 Å². The lowest BCUT2D eigenvalue weighted by molar-refractivity contribution is -0.121. The minimum absolute atomic E-state index is 0.118. The summed E-state index contributed by atoms with van der Waals surface area (Å²) in [4.78, 5) is 12.4. The van der Waals surface area contributed by atoms with E-state index in [1.807, 2.05) is 6.92 Å². The second kappa shape index (κ2) is 9.20. The predicted octanol–water partition coefficient (Wildman–Crippen LogP) is 2.42. The van der Waals surface area contributed by atoms with Gasteiger partial charge in [0.1, 0.15) is 5.54 Å². The topological polar surface area (TPSA) is 99.9 Å². The molecule has 0 saturated heterocycles. The number of carbonyl (C=O) groups is 1. The normalized spacial score (nSPS) is 17.7. The molecule has 1 atom stereocenters. The number of hydrogen-bond donors (Lipinski definition) is 2. The van der Waals surface area contributed by atoms with Gasteiger partial charge in [0, 0.05) is 13.7 Å². The average molecular weight is 370 g/mol. The van der Waals surface area contributed by atoms with Gasteiger partial charge < -0.3 is 15.4 Å². The second-order valence-corrected chi connectivity index (χ2v) is 8.36. The first kappa shape index (κ1) is 19.0. The van der Waals surface area contributed by atoms with Gasteiger partial charge in [0.25, 0.3) is 0 Å². The fourth-order valence-electron chi connectivity index (χ4n) is 2.55. The van der Waals surface area contributed by atoms with Gasteiger partial charge in [-0.25, -0.2) is 0 Å². The number of nitrogens with zero attached hydrogens (tertiary/aromatic N) is 3. The van der Waals surface area contributed by atoms with Crippen LogP contribution in [0.5, 0.6) is 0 Å². The third kappa shape index (κ3) is 5.33. The van der Waals surface area contributed by atoms with Crippen LogP contribution < -0.4 is 10.6 Å². The molecule has 1 heterocycles. The van der Waals surface area contributed by atoms with Crippen LogP contribution in [0.1, 0.15) is 39.0 Å². The Hall–Kier alpha value is -1.37. The van der Waals surface area contributed by atoms with Gasteiger partial charge in [-0.05, 0) is 19.8 Å². The number of aromatic nitrogens is 2. The van der Waals surface area contributed by atoms with Crippen molar-refractivity contribution in [2.75, 3.05) is 25.6 Å². The van der Waals surface area contributed by atoms with Crippen molar-refractivity contribution in [1.29, 1.82) is 5.26 Å². The lowest BCUT2D eigenvalue weighted by atomic mass is 9.83. The maximum Gasteiger partial charge on any atom is 0.234 e. The highest BCUT2D eigenvalue weighted by atomic mass is 32.2. The van der Waals surface area contributed by atoms with Crippen molar-refractivity contribution < 1.29 is 9.53 Å². The highest BCUT2D eigenvalue weighted by Crippen LogP contribution is 2.31. The van der Waals surface area contributed by atoms with E-state index >= 15 is 0 Å². The molecule has 7 nitrogen and oxygen atoms in total. The van der Waals surface area contributed by atoms with Gasteiger partial charge in [-0.1, -0.05) is 42.4 Å². The molecule has 24 heavy (non-hydrogen) atoms. The van der Waals surface area contributed by atoms with E-state index in [-0.39, 0.29) is 11.2 Å². The number of rotatable bonds is 8. The lowest BCUT2D eigenvalue weighted by Crippen LogP contribution is -2.50. The number of anilines is 1.